The highest BCUT2D eigenvalue weighted by atomic mass is 35.5. The number of halogens is 1. The molecule has 25 heavy (non-hydrogen) atoms. The minimum Gasteiger partial charge on any atom is -0.497 e. The van der Waals surface area contributed by atoms with Gasteiger partial charge in [-0.15, -0.1) is 0 Å². The molecule has 0 aliphatic carbocycles. The molecule has 0 bridgehead atoms. The summed E-state index contributed by atoms with van der Waals surface area (Å²) in [6.45, 7) is 0. The number of rotatable bonds is 4. The van der Waals surface area contributed by atoms with Crippen LogP contribution in [-0.4, -0.2) is 19.2 Å². The Balaban J connectivity index is 2.23. The van der Waals surface area contributed by atoms with Crippen molar-refractivity contribution in [1.82, 2.24) is 4.98 Å². The van der Waals surface area contributed by atoms with Gasteiger partial charge in [-0.3, -0.25) is 0 Å². The number of ether oxygens (including phenoxy) is 2. The number of benzene rings is 2. The van der Waals surface area contributed by atoms with Crippen molar-refractivity contribution in [1.29, 1.82) is 5.26 Å². The van der Waals surface area contributed by atoms with Gasteiger partial charge < -0.3 is 9.47 Å². The van der Waals surface area contributed by atoms with Crippen LogP contribution in [0, 0.1) is 11.3 Å². The van der Waals surface area contributed by atoms with Crippen molar-refractivity contribution < 1.29 is 9.47 Å². The quantitative estimate of drug-likeness (QED) is 0.667. The fraction of sp³-hybridized carbons (Fsp3) is 0.100. The van der Waals surface area contributed by atoms with E-state index >= 15 is 0 Å². The van der Waals surface area contributed by atoms with Crippen LogP contribution in [0.2, 0.25) is 5.02 Å². The van der Waals surface area contributed by atoms with Gasteiger partial charge in [0.15, 0.2) is 0 Å². The zero-order valence-corrected chi connectivity index (χ0v) is 14.5. The summed E-state index contributed by atoms with van der Waals surface area (Å²) in [6.07, 6.45) is 0. The zero-order valence-electron chi connectivity index (χ0n) is 13.8. The highest BCUT2D eigenvalue weighted by Crippen LogP contribution is 2.34. The van der Waals surface area contributed by atoms with Crippen LogP contribution in [-0.2, 0) is 0 Å². The molecule has 0 saturated carbocycles. The van der Waals surface area contributed by atoms with Crippen molar-refractivity contribution >= 4 is 11.6 Å². The van der Waals surface area contributed by atoms with Gasteiger partial charge >= 0.3 is 0 Å². The van der Waals surface area contributed by atoms with Gasteiger partial charge in [0.2, 0.25) is 5.88 Å². The Labute approximate surface area is 151 Å². The summed E-state index contributed by atoms with van der Waals surface area (Å²) in [5, 5.41) is 10.2. The fourth-order valence-electron chi connectivity index (χ4n) is 2.56. The lowest BCUT2D eigenvalue weighted by atomic mass is 9.98. The maximum absolute atomic E-state index is 9.60. The third-order valence-electron chi connectivity index (χ3n) is 3.81. The summed E-state index contributed by atoms with van der Waals surface area (Å²) in [4.78, 5) is 4.47. The molecule has 124 valence electrons. The van der Waals surface area contributed by atoms with E-state index in [4.69, 9.17) is 21.1 Å². The highest BCUT2D eigenvalue weighted by molar-refractivity contribution is 6.30. The van der Waals surface area contributed by atoms with Crippen LogP contribution in [0.3, 0.4) is 0 Å². The van der Waals surface area contributed by atoms with E-state index < -0.39 is 0 Å². The standard InChI is InChI=1S/C20H15ClN2O2/c1-24-16-5-3-4-14(10-16)17-11-19(13-6-8-15(21)9-7-13)23-20(25-2)18(17)12-22/h3-11H,1-2H3. The van der Waals surface area contributed by atoms with Crippen LogP contribution in [0.25, 0.3) is 22.4 Å². The third-order valence-corrected chi connectivity index (χ3v) is 4.06. The second-order valence-electron chi connectivity index (χ2n) is 5.29. The van der Waals surface area contributed by atoms with Gasteiger partial charge in [-0.1, -0.05) is 35.9 Å². The molecule has 0 spiro atoms. The molecule has 0 N–H and O–H groups in total. The second-order valence-corrected chi connectivity index (χ2v) is 5.73. The molecule has 0 fully saturated rings. The summed E-state index contributed by atoms with van der Waals surface area (Å²) in [5.74, 6) is 0.998. The van der Waals surface area contributed by atoms with Crippen LogP contribution in [0.1, 0.15) is 5.56 Å². The fourth-order valence-corrected chi connectivity index (χ4v) is 2.69. The second kappa shape index (κ2) is 7.25. The number of nitrogens with zero attached hydrogens (tertiary/aromatic N) is 2. The van der Waals surface area contributed by atoms with E-state index in [0.29, 0.717) is 22.0 Å². The largest absolute Gasteiger partial charge is 0.497 e. The minimum absolute atomic E-state index is 0.285. The number of hydrogen-bond donors (Lipinski definition) is 0. The number of hydrogen-bond acceptors (Lipinski definition) is 4. The SMILES string of the molecule is COc1cccc(-c2cc(-c3ccc(Cl)cc3)nc(OC)c2C#N)c1. The van der Waals surface area contributed by atoms with E-state index in [1.165, 1.54) is 7.11 Å². The molecule has 0 saturated heterocycles. The molecule has 2 aromatic carbocycles. The molecule has 1 aromatic heterocycles. The van der Waals surface area contributed by atoms with Crippen LogP contribution in [0.5, 0.6) is 11.6 Å². The highest BCUT2D eigenvalue weighted by Gasteiger charge is 2.16. The maximum Gasteiger partial charge on any atom is 0.232 e. The summed E-state index contributed by atoms with van der Waals surface area (Å²) in [6, 6.07) is 19.0. The van der Waals surface area contributed by atoms with E-state index in [0.717, 1.165) is 16.7 Å². The molecular formula is C20H15ClN2O2. The molecule has 1 heterocycles. The van der Waals surface area contributed by atoms with Crippen molar-refractivity contribution in [3.8, 4) is 40.1 Å². The van der Waals surface area contributed by atoms with Crippen LogP contribution in [0.15, 0.2) is 54.6 Å². The Morgan fingerprint density at radius 1 is 0.960 bits per heavy atom. The molecule has 0 unspecified atom stereocenters. The van der Waals surface area contributed by atoms with E-state index in [9.17, 15) is 5.26 Å². The summed E-state index contributed by atoms with van der Waals surface area (Å²) in [7, 11) is 3.11. The topological polar surface area (TPSA) is 55.1 Å². The van der Waals surface area contributed by atoms with Crippen molar-refractivity contribution in [3.63, 3.8) is 0 Å². The van der Waals surface area contributed by atoms with Crippen molar-refractivity contribution in [3.05, 3.63) is 65.2 Å². The first-order valence-electron chi connectivity index (χ1n) is 7.55. The maximum atomic E-state index is 9.60. The van der Waals surface area contributed by atoms with Crippen LogP contribution < -0.4 is 9.47 Å². The van der Waals surface area contributed by atoms with E-state index in [2.05, 4.69) is 11.1 Å². The smallest absolute Gasteiger partial charge is 0.232 e. The average Bonchev–Trinajstić information content (AvgIpc) is 2.67. The van der Waals surface area contributed by atoms with Gasteiger partial charge in [-0.05, 0) is 35.9 Å². The van der Waals surface area contributed by atoms with Gasteiger partial charge in [-0.2, -0.15) is 5.26 Å². The number of nitriles is 1. The van der Waals surface area contributed by atoms with Gasteiger partial charge in [0.05, 0.1) is 19.9 Å². The number of methoxy groups -OCH3 is 2. The van der Waals surface area contributed by atoms with Gasteiger partial charge in [0, 0.05) is 16.1 Å². The number of pyridine rings is 1. The van der Waals surface area contributed by atoms with E-state index in [1.807, 2.05) is 42.5 Å². The van der Waals surface area contributed by atoms with Crippen LogP contribution in [0.4, 0.5) is 0 Å². The first-order chi connectivity index (χ1) is 12.2. The molecule has 0 atom stereocenters. The summed E-state index contributed by atoms with van der Waals surface area (Å²) >= 11 is 5.96. The Hall–Kier alpha value is -3.03. The molecular weight excluding hydrogens is 336 g/mol. The summed E-state index contributed by atoms with van der Waals surface area (Å²) in [5.41, 5.74) is 3.56. The number of aromatic nitrogens is 1. The molecule has 3 aromatic rings. The minimum atomic E-state index is 0.285. The van der Waals surface area contributed by atoms with Crippen molar-refractivity contribution in [2.45, 2.75) is 0 Å². The molecule has 0 aliphatic rings. The Morgan fingerprint density at radius 3 is 2.36 bits per heavy atom. The van der Waals surface area contributed by atoms with Gasteiger partial charge in [-0.25, -0.2) is 4.98 Å². The normalized spacial score (nSPS) is 10.2. The van der Waals surface area contributed by atoms with Crippen molar-refractivity contribution in [2.24, 2.45) is 0 Å². The first-order valence-corrected chi connectivity index (χ1v) is 7.93. The van der Waals surface area contributed by atoms with Gasteiger partial charge in [0.25, 0.3) is 0 Å². The predicted octanol–water partition coefficient (Wildman–Crippen LogP) is 4.96. The molecule has 3 rings (SSSR count). The Morgan fingerprint density at radius 2 is 1.72 bits per heavy atom. The average molecular weight is 351 g/mol. The predicted molar refractivity (Wildman–Crippen MR) is 97.9 cm³/mol. The Kier molecular flexibility index (Phi) is 4.87. The molecule has 5 heteroatoms. The van der Waals surface area contributed by atoms with Crippen LogP contribution >= 0.6 is 11.6 Å². The monoisotopic (exact) mass is 350 g/mol. The van der Waals surface area contributed by atoms with E-state index in [-0.39, 0.29) is 5.88 Å². The summed E-state index contributed by atoms with van der Waals surface area (Å²) < 4.78 is 10.6. The van der Waals surface area contributed by atoms with Crippen molar-refractivity contribution in [2.75, 3.05) is 14.2 Å². The third kappa shape index (κ3) is 3.42. The Bertz CT molecular complexity index is 947. The zero-order chi connectivity index (χ0) is 17.8. The lowest BCUT2D eigenvalue weighted by Gasteiger charge is -2.12. The first kappa shape index (κ1) is 16.8. The van der Waals surface area contributed by atoms with Gasteiger partial charge in [0.1, 0.15) is 17.4 Å². The molecule has 0 aliphatic heterocycles. The molecule has 0 radical (unpaired) electrons. The van der Waals surface area contributed by atoms with E-state index in [1.54, 1.807) is 19.2 Å². The lowest BCUT2D eigenvalue weighted by molar-refractivity contribution is 0.397. The lowest BCUT2D eigenvalue weighted by Crippen LogP contribution is -1.98. The molecule has 0 amide bonds. The molecule has 4 nitrogen and oxygen atoms in total.